The Balaban J connectivity index is 1.86. The molecule has 5 nitrogen and oxygen atoms in total. The second kappa shape index (κ2) is 7.87. The first-order valence-electron chi connectivity index (χ1n) is 10.9. The van der Waals surface area contributed by atoms with Crippen molar-refractivity contribution in [1.29, 1.82) is 0 Å². The third kappa shape index (κ3) is 3.36. The lowest BCUT2D eigenvalue weighted by molar-refractivity contribution is -0.122. The summed E-state index contributed by atoms with van der Waals surface area (Å²) >= 11 is 6.71. The van der Waals surface area contributed by atoms with E-state index in [1.54, 1.807) is 6.07 Å². The Hall–Kier alpha value is -3.41. The predicted octanol–water partition coefficient (Wildman–Crippen LogP) is 5.21. The number of amides is 2. The van der Waals surface area contributed by atoms with Gasteiger partial charge in [0.15, 0.2) is 0 Å². The molecular formula is C27H24ClN3O2. The Morgan fingerprint density at radius 3 is 2.39 bits per heavy atom. The molecule has 0 saturated heterocycles. The van der Waals surface area contributed by atoms with E-state index in [0.29, 0.717) is 27.3 Å². The molecule has 3 aromatic carbocycles. The molecule has 33 heavy (non-hydrogen) atoms. The number of carbonyl (C=O) groups is 2. The van der Waals surface area contributed by atoms with Crippen LogP contribution in [0.3, 0.4) is 0 Å². The largest absolute Gasteiger partial charge is 0.350 e. The van der Waals surface area contributed by atoms with Crippen molar-refractivity contribution < 1.29 is 9.59 Å². The van der Waals surface area contributed by atoms with Gasteiger partial charge in [0.2, 0.25) is 0 Å². The number of nitrogens with one attached hydrogen (secondary N) is 1. The van der Waals surface area contributed by atoms with E-state index in [-0.39, 0.29) is 12.0 Å². The van der Waals surface area contributed by atoms with Crippen LogP contribution in [0, 0.1) is 5.92 Å². The average molecular weight is 458 g/mol. The molecule has 0 saturated carbocycles. The Bertz CT molecular complexity index is 1500. The number of hydrogen-bond donors (Lipinski definition) is 2. The molecule has 0 bridgehead atoms. The second-order valence-corrected chi connectivity index (χ2v) is 9.28. The number of aromatic nitrogens is 1. The van der Waals surface area contributed by atoms with Crippen LogP contribution < -0.4 is 11.1 Å². The van der Waals surface area contributed by atoms with E-state index in [1.165, 1.54) is 0 Å². The number of benzene rings is 3. The van der Waals surface area contributed by atoms with Gasteiger partial charge in [-0.2, -0.15) is 0 Å². The van der Waals surface area contributed by atoms with Crippen molar-refractivity contribution >= 4 is 56.2 Å². The predicted molar refractivity (Wildman–Crippen MR) is 134 cm³/mol. The van der Waals surface area contributed by atoms with E-state index in [1.807, 2.05) is 66.3 Å². The fraction of sp³-hybridized carbons (Fsp3) is 0.185. The third-order valence-corrected chi connectivity index (χ3v) is 6.76. The summed E-state index contributed by atoms with van der Waals surface area (Å²) in [7, 11) is 1.92. The number of rotatable bonds is 4. The van der Waals surface area contributed by atoms with Crippen LogP contribution in [0.1, 0.15) is 36.6 Å². The van der Waals surface area contributed by atoms with Gasteiger partial charge in [-0.25, -0.2) is 0 Å². The molecule has 2 amide bonds. The van der Waals surface area contributed by atoms with Crippen LogP contribution in [0.25, 0.3) is 32.8 Å². The summed E-state index contributed by atoms with van der Waals surface area (Å²) < 4.78 is 1.95. The van der Waals surface area contributed by atoms with Crippen molar-refractivity contribution in [3.63, 3.8) is 0 Å². The number of halogens is 1. The highest BCUT2D eigenvalue weighted by atomic mass is 35.5. The van der Waals surface area contributed by atoms with Gasteiger partial charge in [0.1, 0.15) is 0 Å². The van der Waals surface area contributed by atoms with Crippen molar-refractivity contribution in [3.05, 3.63) is 82.5 Å². The standard InChI is InChI=1S/C27H24ClN3O2/c1-14(2)25(29)16-9-8-15-10-11-20(28)22(18(15)12-16)24-23(26(32)30-27(24)33)19-13-31(3)21-7-5-4-6-17(19)21/h4-14,25H,29H2,1-3H3,(H,30,32,33). The molecule has 4 aromatic rings. The highest BCUT2D eigenvalue weighted by molar-refractivity contribution is 6.52. The van der Waals surface area contributed by atoms with Gasteiger partial charge in [0.05, 0.1) is 11.1 Å². The maximum absolute atomic E-state index is 13.2. The van der Waals surface area contributed by atoms with Crippen LogP contribution in [0.15, 0.2) is 60.8 Å². The molecule has 0 aliphatic carbocycles. The van der Waals surface area contributed by atoms with Crippen molar-refractivity contribution in [2.24, 2.45) is 18.7 Å². The minimum atomic E-state index is -0.448. The van der Waals surface area contributed by atoms with Gasteiger partial charge in [-0.15, -0.1) is 0 Å². The monoisotopic (exact) mass is 457 g/mol. The van der Waals surface area contributed by atoms with Crippen LogP contribution in [-0.4, -0.2) is 16.4 Å². The first-order valence-corrected chi connectivity index (χ1v) is 11.3. The molecule has 0 fully saturated rings. The van der Waals surface area contributed by atoms with Crippen molar-refractivity contribution in [2.45, 2.75) is 19.9 Å². The van der Waals surface area contributed by atoms with Gasteiger partial charge < -0.3 is 10.3 Å². The van der Waals surface area contributed by atoms with Gasteiger partial charge in [0.25, 0.3) is 11.8 Å². The molecular weight excluding hydrogens is 434 g/mol. The highest BCUT2D eigenvalue weighted by Gasteiger charge is 2.35. The molecule has 166 valence electrons. The number of nitrogens with two attached hydrogens (primary N) is 1. The number of para-hydroxylation sites is 1. The number of aryl methyl sites for hydroxylation is 1. The average Bonchev–Trinajstić information content (AvgIpc) is 3.27. The molecule has 0 spiro atoms. The van der Waals surface area contributed by atoms with E-state index >= 15 is 0 Å². The first-order chi connectivity index (χ1) is 15.8. The molecule has 2 heterocycles. The SMILES string of the molecule is CC(C)C(N)c1ccc2ccc(Cl)c(C3=C(c4cn(C)c5ccccc45)C(=O)NC3=O)c2c1. The van der Waals surface area contributed by atoms with Gasteiger partial charge in [0, 0.05) is 46.3 Å². The van der Waals surface area contributed by atoms with Crippen molar-refractivity contribution in [1.82, 2.24) is 9.88 Å². The Kier molecular flexibility index (Phi) is 5.11. The Morgan fingerprint density at radius 1 is 0.939 bits per heavy atom. The molecule has 1 atom stereocenters. The van der Waals surface area contributed by atoms with E-state index in [2.05, 4.69) is 19.2 Å². The lowest BCUT2D eigenvalue weighted by atomic mass is 9.89. The third-order valence-electron chi connectivity index (χ3n) is 6.45. The number of nitrogens with zero attached hydrogens (tertiary/aromatic N) is 1. The quantitative estimate of drug-likeness (QED) is 0.413. The molecule has 0 radical (unpaired) electrons. The molecule has 1 aliphatic heterocycles. The zero-order valence-electron chi connectivity index (χ0n) is 18.6. The lowest BCUT2D eigenvalue weighted by Crippen LogP contribution is -2.22. The minimum absolute atomic E-state index is 0.160. The number of carbonyl (C=O) groups excluding carboxylic acids is 2. The molecule has 1 aromatic heterocycles. The lowest BCUT2D eigenvalue weighted by Gasteiger charge is -2.18. The van der Waals surface area contributed by atoms with Crippen LogP contribution in [-0.2, 0) is 16.6 Å². The van der Waals surface area contributed by atoms with E-state index < -0.39 is 11.8 Å². The van der Waals surface area contributed by atoms with Gasteiger partial charge in [-0.1, -0.05) is 61.8 Å². The molecule has 3 N–H and O–H groups in total. The van der Waals surface area contributed by atoms with Crippen molar-refractivity contribution in [3.8, 4) is 0 Å². The Labute approximate surface area is 196 Å². The maximum Gasteiger partial charge on any atom is 0.259 e. The summed E-state index contributed by atoms with van der Waals surface area (Å²) in [6.45, 7) is 4.13. The van der Waals surface area contributed by atoms with Crippen LogP contribution >= 0.6 is 11.6 Å². The second-order valence-electron chi connectivity index (χ2n) is 8.88. The maximum atomic E-state index is 13.2. The number of imide groups is 1. The van der Waals surface area contributed by atoms with Crippen molar-refractivity contribution in [2.75, 3.05) is 0 Å². The summed E-state index contributed by atoms with van der Waals surface area (Å²) in [6.07, 6.45) is 1.89. The van der Waals surface area contributed by atoms with E-state index in [9.17, 15) is 9.59 Å². The zero-order valence-corrected chi connectivity index (χ0v) is 19.4. The summed E-state index contributed by atoms with van der Waals surface area (Å²) in [5, 5.41) is 5.52. The van der Waals surface area contributed by atoms with Crippen LogP contribution in [0.5, 0.6) is 0 Å². The molecule has 6 heteroatoms. The van der Waals surface area contributed by atoms with E-state index in [4.69, 9.17) is 17.3 Å². The fourth-order valence-electron chi connectivity index (χ4n) is 4.65. The molecule has 1 aliphatic rings. The summed E-state index contributed by atoms with van der Waals surface area (Å²) in [5.74, 6) is -0.628. The first kappa shape index (κ1) is 21.4. The van der Waals surface area contributed by atoms with Gasteiger partial charge in [-0.3, -0.25) is 14.9 Å². The zero-order chi connectivity index (χ0) is 23.4. The molecule has 1 unspecified atom stereocenters. The molecule has 5 rings (SSSR count). The smallest absolute Gasteiger partial charge is 0.259 e. The van der Waals surface area contributed by atoms with Gasteiger partial charge >= 0.3 is 0 Å². The number of hydrogen-bond acceptors (Lipinski definition) is 3. The fourth-order valence-corrected chi connectivity index (χ4v) is 4.91. The summed E-state index contributed by atoms with van der Waals surface area (Å²) in [6, 6.07) is 17.3. The van der Waals surface area contributed by atoms with E-state index in [0.717, 1.165) is 27.2 Å². The Morgan fingerprint density at radius 2 is 1.64 bits per heavy atom. The highest BCUT2D eigenvalue weighted by Crippen LogP contribution is 2.41. The van der Waals surface area contributed by atoms with Crippen LogP contribution in [0.2, 0.25) is 5.02 Å². The summed E-state index contributed by atoms with van der Waals surface area (Å²) in [4.78, 5) is 26.2. The van der Waals surface area contributed by atoms with Crippen LogP contribution in [0.4, 0.5) is 0 Å². The number of fused-ring (bicyclic) bond motifs is 2. The summed E-state index contributed by atoms with van der Waals surface area (Å²) in [5.41, 5.74) is 10.2. The van der Waals surface area contributed by atoms with Gasteiger partial charge in [-0.05, 0) is 40.5 Å². The normalized spacial score (nSPS) is 15.2. The topological polar surface area (TPSA) is 77.1 Å². The minimum Gasteiger partial charge on any atom is -0.350 e.